The summed E-state index contributed by atoms with van der Waals surface area (Å²) < 4.78 is 17.0. The van der Waals surface area contributed by atoms with E-state index in [2.05, 4.69) is 25.6 Å². The van der Waals surface area contributed by atoms with Crippen molar-refractivity contribution < 1.29 is 28.6 Å². The van der Waals surface area contributed by atoms with E-state index in [-0.39, 0.29) is 25.4 Å². The molecule has 1 aliphatic carbocycles. The van der Waals surface area contributed by atoms with Gasteiger partial charge in [-0.15, -0.1) is 0 Å². The van der Waals surface area contributed by atoms with Crippen LogP contribution in [0.2, 0.25) is 0 Å². The molecule has 0 spiro atoms. The van der Waals surface area contributed by atoms with Gasteiger partial charge in [0.05, 0.1) is 17.8 Å². The van der Waals surface area contributed by atoms with Gasteiger partial charge in [0.2, 0.25) is 0 Å². The zero-order chi connectivity index (χ0) is 29.9. The summed E-state index contributed by atoms with van der Waals surface area (Å²) in [6, 6.07) is 7.01. The highest BCUT2D eigenvalue weighted by molar-refractivity contribution is 5.92. The van der Waals surface area contributed by atoms with Crippen molar-refractivity contribution in [1.82, 2.24) is 25.2 Å². The van der Waals surface area contributed by atoms with Gasteiger partial charge in [-0.1, -0.05) is 6.07 Å². The van der Waals surface area contributed by atoms with E-state index < -0.39 is 29.7 Å². The number of fused-ring (bicyclic) bond motifs is 1. The molecule has 42 heavy (non-hydrogen) atoms. The van der Waals surface area contributed by atoms with Gasteiger partial charge in [-0.05, 0) is 76.6 Å². The number of amides is 2. The number of nitrogens with one attached hydrogen (secondary N) is 2. The number of aliphatic hydroxyl groups is 1. The lowest BCUT2D eigenvalue weighted by Gasteiger charge is -2.40. The van der Waals surface area contributed by atoms with Crippen LogP contribution in [0, 0.1) is 6.92 Å². The number of ether oxygens (including phenoxy) is 2. The Labute approximate surface area is 244 Å². The predicted molar refractivity (Wildman–Crippen MR) is 153 cm³/mol. The van der Waals surface area contributed by atoms with Crippen LogP contribution in [-0.4, -0.2) is 67.3 Å². The molecule has 2 aromatic heterocycles. The lowest BCUT2D eigenvalue weighted by molar-refractivity contribution is -0.0113. The second-order valence-electron chi connectivity index (χ2n) is 11.8. The van der Waals surface area contributed by atoms with Crippen molar-refractivity contribution in [2.45, 2.75) is 90.3 Å². The van der Waals surface area contributed by atoms with E-state index in [0.717, 1.165) is 29.7 Å². The van der Waals surface area contributed by atoms with Crippen LogP contribution in [-0.2, 0) is 24.3 Å². The monoisotopic (exact) mass is 578 g/mol. The Morgan fingerprint density at radius 1 is 1.17 bits per heavy atom. The van der Waals surface area contributed by atoms with Crippen molar-refractivity contribution in [1.29, 1.82) is 0 Å². The van der Waals surface area contributed by atoms with Crippen LogP contribution in [0.15, 0.2) is 41.4 Å². The summed E-state index contributed by atoms with van der Waals surface area (Å²) in [4.78, 5) is 40.1. The fourth-order valence-electron chi connectivity index (χ4n) is 4.90. The largest absolute Gasteiger partial charge is 0.486 e. The van der Waals surface area contributed by atoms with Crippen molar-refractivity contribution >= 4 is 17.8 Å². The number of rotatable bonds is 9. The van der Waals surface area contributed by atoms with Crippen molar-refractivity contribution in [3.8, 4) is 5.75 Å². The first-order valence-electron chi connectivity index (χ1n) is 14.2. The molecule has 1 aromatic carbocycles. The van der Waals surface area contributed by atoms with Crippen LogP contribution in [0.5, 0.6) is 5.75 Å². The van der Waals surface area contributed by atoms with Crippen molar-refractivity contribution in [3.63, 3.8) is 0 Å². The zero-order valence-corrected chi connectivity index (χ0v) is 24.4. The number of carbonyl (C=O) groups excluding carboxylic acids is 2. The molecule has 1 aliphatic heterocycles. The molecule has 12 heteroatoms. The van der Waals surface area contributed by atoms with Gasteiger partial charge in [0.1, 0.15) is 35.8 Å². The molecular formula is C30H38N6O6. The molecule has 0 unspecified atom stereocenters. The quantitative estimate of drug-likeness (QED) is 0.342. The minimum Gasteiger partial charge on any atom is -0.486 e. The molecule has 0 radical (unpaired) electrons. The average molecular weight is 579 g/mol. The molecule has 1 fully saturated rings. The van der Waals surface area contributed by atoms with E-state index in [9.17, 15) is 14.7 Å². The van der Waals surface area contributed by atoms with Crippen LogP contribution in [0.3, 0.4) is 0 Å². The summed E-state index contributed by atoms with van der Waals surface area (Å²) >= 11 is 0. The fraction of sp³-hybridized carbons (Fsp3) is 0.500. The predicted octanol–water partition coefficient (Wildman–Crippen LogP) is 3.77. The normalized spacial score (nSPS) is 17.5. The molecule has 2 aliphatic rings. The Hall–Kier alpha value is -4.19. The standard InChI is InChI=1S/C30H38N6O6/c1-18-26(41-17-34-18)15-40-22-9-8-19-11-24(36(14-20(19)10-22)29(39)42-30(2,3)4)25(37)13-31-28(38)23-12-27(33-16-32-23)35-21-6-5-7-21/h8-10,12,16-17,21,24-25,37H,5-7,11,13-15H2,1-4H3,(H,31,38)(H,32,33,35)/t24-,25+/m0/s1. The number of nitrogens with zero attached hydrogens (tertiary/aromatic N) is 4. The van der Waals surface area contributed by atoms with Crippen LogP contribution in [0.1, 0.15) is 73.1 Å². The maximum absolute atomic E-state index is 13.3. The van der Waals surface area contributed by atoms with Crippen LogP contribution < -0.4 is 15.4 Å². The molecule has 12 nitrogen and oxygen atoms in total. The molecule has 0 saturated heterocycles. The van der Waals surface area contributed by atoms with Gasteiger partial charge in [0.15, 0.2) is 12.2 Å². The minimum atomic E-state index is -1.06. The second kappa shape index (κ2) is 12.4. The molecule has 3 heterocycles. The number of aromatic nitrogens is 3. The Balaban J connectivity index is 1.27. The number of benzene rings is 1. The maximum atomic E-state index is 13.3. The van der Waals surface area contributed by atoms with Gasteiger partial charge in [-0.2, -0.15) is 0 Å². The number of carbonyl (C=O) groups is 2. The Morgan fingerprint density at radius 2 is 1.98 bits per heavy atom. The van der Waals surface area contributed by atoms with Gasteiger partial charge < -0.3 is 29.6 Å². The number of aryl methyl sites for hydroxylation is 1. The summed E-state index contributed by atoms with van der Waals surface area (Å²) in [7, 11) is 0. The number of hydrogen-bond donors (Lipinski definition) is 3. The first kappa shape index (κ1) is 29.3. The van der Waals surface area contributed by atoms with Gasteiger partial charge in [-0.25, -0.2) is 19.7 Å². The van der Waals surface area contributed by atoms with E-state index >= 15 is 0 Å². The van der Waals surface area contributed by atoms with Crippen LogP contribution >= 0.6 is 0 Å². The van der Waals surface area contributed by atoms with E-state index in [1.807, 2.05) is 25.1 Å². The highest BCUT2D eigenvalue weighted by Crippen LogP contribution is 2.30. The summed E-state index contributed by atoms with van der Waals surface area (Å²) in [5, 5.41) is 17.3. The lowest BCUT2D eigenvalue weighted by atomic mass is 9.91. The number of hydrogen-bond acceptors (Lipinski definition) is 10. The third kappa shape index (κ3) is 7.17. The lowest BCUT2D eigenvalue weighted by Crippen LogP contribution is -2.54. The molecule has 3 N–H and O–H groups in total. The molecule has 2 amide bonds. The summed E-state index contributed by atoms with van der Waals surface area (Å²) in [6.07, 6.45) is 4.82. The molecule has 1 saturated carbocycles. The Morgan fingerprint density at radius 3 is 2.67 bits per heavy atom. The van der Waals surface area contributed by atoms with Crippen molar-refractivity contribution in [2.24, 2.45) is 0 Å². The molecule has 2 atom stereocenters. The van der Waals surface area contributed by atoms with Crippen molar-refractivity contribution in [2.75, 3.05) is 11.9 Å². The highest BCUT2D eigenvalue weighted by atomic mass is 16.6. The highest BCUT2D eigenvalue weighted by Gasteiger charge is 2.37. The number of aliphatic hydroxyl groups excluding tert-OH is 1. The summed E-state index contributed by atoms with van der Waals surface area (Å²) in [5.41, 5.74) is 2.09. The van der Waals surface area contributed by atoms with Gasteiger partial charge in [-0.3, -0.25) is 9.69 Å². The van der Waals surface area contributed by atoms with E-state index in [0.29, 0.717) is 29.8 Å². The zero-order valence-electron chi connectivity index (χ0n) is 24.4. The molecule has 3 aromatic rings. The minimum absolute atomic E-state index is 0.0781. The van der Waals surface area contributed by atoms with Crippen LogP contribution in [0.25, 0.3) is 0 Å². The Kier molecular flexibility index (Phi) is 8.62. The van der Waals surface area contributed by atoms with Crippen molar-refractivity contribution in [3.05, 3.63) is 65.3 Å². The van der Waals surface area contributed by atoms with Gasteiger partial charge in [0.25, 0.3) is 5.91 Å². The van der Waals surface area contributed by atoms with Crippen LogP contribution in [0.4, 0.5) is 10.6 Å². The van der Waals surface area contributed by atoms with Gasteiger partial charge >= 0.3 is 6.09 Å². The fourth-order valence-corrected chi connectivity index (χ4v) is 4.90. The molecule has 224 valence electrons. The maximum Gasteiger partial charge on any atom is 0.410 e. The molecular weight excluding hydrogens is 540 g/mol. The smallest absolute Gasteiger partial charge is 0.410 e. The summed E-state index contributed by atoms with van der Waals surface area (Å²) in [5.74, 6) is 1.42. The number of anilines is 1. The Bertz CT molecular complexity index is 1420. The van der Waals surface area contributed by atoms with Gasteiger partial charge in [0, 0.05) is 25.2 Å². The summed E-state index contributed by atoms with van der Waals surface area (Å²) in [6.45, 7) is 7.59. The van der Waals surface area contributed by atoms with E-state index in [4.69, 9.17) is 13.9 Å². The third-order valence-corrected chi connectivity index (χ3v) is 7.46. The molecule has 5 rings (SSSR count). The SMILES string of the molecule is Cc1ncoc1COc1ccc2c(c1)CN(C(=O)OC(C)(C)C)[C@H]([C@H](O)CNC(=O)c1cc(NC3CCC3)ncn1)C2. The third-order valence-electron chi connectivity index (χ3n) is 7.46. The number of oxazole rings is 1. The van der Waals surface area contributed by atoms with E-state index in [1.165, 1.54) is 24.0 Å². The average Bonchev–Trinajstić information content (AvgIpc) is 3.35. The van der Waals surface area contributed by atoms with E-state index in [1.54, 1.807) is 26.8 Å². The molecule has 0 bridgehead atoms. The first-order chi connectivity index (χ1) is 20.1. The topological polar surface area (TPSA) is 152 Å². The first-order valence-corrected chi connectivity index (χ1v) is 14.2. The second-order valence-corrected chi connectivity index (χ2v) is 11.8.